The van der Waals surface area contributed by atoms with E-state index < -0.39 is 6.03 Å². The van der Waals surface area contributed by atoms with Crippen molar-refractivity contribution in [1.82, 2.24) is 9.63 Å². The second-order valence-electron chi connectivity index (χ2n) is 5.07. The van der Waals surface area contributed by atoms with Gasteiger partial charge in [-0.05, 0) is 24.3 Å². The van der Waals surface area contributed by atoms with Crippen molar-refractivity contribution in [3.8, 4) is 0 Å². The zero-order valence-electron chi connectivity index (χ0n) is 12.4. The Bertz CT molecular complexity index is 817. The normalized spacial score (nSPS) is 10.8. The third kappa shape index (κ3) is 3.49. The molecule has 1 heterocycles. The molecule has 0 spiro atoms. The van der Waals surface area contributed by atoms with Crippen LogP contribution in [0.15, 0.2) is 70.6 Å². The van der Waals surface area contributed by atoms with Gasteiger partial charge in [-0.1, -0.05) is 48.2 Å². The van der Waals surface area contributed by atoms with Gasteiger partial charge in [0.2, 0.25) is 0 Å². The number of nitrogens with zero attached hydrogens (tertiary/aromatic N) is 2. The van der Waals surface area contributed by atoms with E-state index in [1.54, 1.807) is 11.8 Å². The molecule has 2 amide bonds. The Labute approximate surface area is 138 Å². The molecule has 5 nitrogen and oxygen atoms in total. The predicted octanol–water partition coefficient (Wildman–Crippen LogP) is 3.56. The molecule has 118 valence electrons. The van der Waals surface area contributed by atoms with Crippen LogP contribution in [0.3, 0.4) is 0 Å². The molecule has 1 aromatic heterocycles. The van der Waals surface area contributed by atoms with Crippen LogP contribution < -0.4 is 5.73 Å². The van der Waals surface area contributed by atoms with E-state index in [0.29, 0.717) is 11.6 Å². The third-order valence-corrected chi connectivity index (χ3v) is 4.58. The van der Waals surface area contributed by atoms with Gasteiger partial charge in [-0.2, -0.15) is 0 Å². The maximum absolute atomic E-state index is 11.0. The number of para-hydroxylation sites is 1. The summed E-state index contributed by atoms with van der Waals surface area (Å²) in [6.07, 6.45) is 0. The molecular formula is C17H17N3O2S. The van der Waals surface area contributed by atoms with Crippen LogP contribution in [0.5, 0.6) is 0 Å². The van der Waals surface area contributed by atoms with Gasteiger partial charge in [0.1, 0.15) is 0 Å². The Morgan fingerprint density at radius 2 is 1.83 bits per heavy atom. The Hall–Kier alpha value is -2.44. The highest BCUT2D eigenvalue weighted by molar-refractivity contribution is 7.99. The molecule has 0 unspecified atom stereocenters. The minimum absolute atomic E-state index is 0.135. The number of hydroxylamine groups is 2. The van der Waals surface area contributed by atoms with Crippen molar-refractivity contribution >= 4 is 28.7 Å². The fourth-order valence-corrected chi connectivity index (χ4v) is 3.43. The molecule has 0 saturated heterocycles. The van der Waals surface area contributed by atoms with Crippen LogP contribution in [0.2, 0.25) is 0 Å². The Morgan fingerprint density at radius 3 is 2.57 bits per heavy atom. The molecular weight excluding hydrogens is 310 g/mol. The summed E-state index contributed by atoms with van der Waals surface area (Å²) in [4.78, 5) is 12.1. The van der Waals surface area contributed by atoms with E-state index in [9.17, 15) is 10.0 Å². The highest BCUT2D eigenvalue weighted by atomic mass is 32.2. The van der Waals surface area contributed by atoms with Gasteiger partial charge in [-0.15, -0.1) is 0 Å². The van der Waals surface area contributed by atoms with Crippen LogP contribution in [0.1, 0.15) is 0 Å². The molecule has 0 aliphatic rings. The van der Waals surface area contributed by atoms with E-state index in [0.717, 1.165) is 20.8 Å². The monoisotopic (exact) mass is 327 g/mol. The standard InChI is InChI=1S/C17H17N3O2S/c18-17(21)20(22)11-10-19-15-9-5-4-6-13(15)12-16(19)23-14-7-2-1-3-8-14/h1-9,12,22H,10-11H2,(H2,18,21). The van der Waals surface area contributed by atoms with Gasteiger partial charge in [0.05, 0.1) is 11.6 Å². The second-order valence-corrected chi connectivity index (χ2v) is 6.16. The number of primary amides is 1. The summed E-state index contributed by atoms with van der Waals surface area (Å²) in [6, 6.07) is 19.4. The maximum Gasteiger partial charge on any atom is 0.338 e. The number of fused-ring (bicyclic) bond motifs is 1. The van der Waals surface area contributed by atoms with Crippen molar-refractivity contribution in [3.05, 3.63) is 60.7 Å². The summed E-state index contributed by atoms with van der Waals surface area (Å²) in [5.74, 6) is 0. The molecule has 6 heteroatoms. The topological polar surface area (TPSA) is 71.5 Å². The van der Waals surface area contributed by atoms with Crippen LogP contribution in [-0.4, -0.2) is 27.4 Å². The van der Waals surface area contributed by atoms with Crippen LogP contribution >= 0.6 is 11.8 Å². The van der Waals surface area contributed by atoms with Crippen molar-refractivity contribution in [1.29, 1.82) is 0 Å². The van der Waals surface area contributed by atoms with Gasteiger partial charge in [0.15, 0.2) is 0 Å². The first kappa shape index (κ1) is 15.5. The Morgan fingerprint density at radius 1 is 1.13 bits per heavy atom. The minimum atomic E-state index is -0.848. The van der Waals surface area contributed by atoms with E-state index >= 15 is 0 Å². The van der Waals surface area contributed by atoms with Crippen molar-refractivity contribution < 1.29 is 10.0 Å². The van der Waals surface area contributed by atoms with Gasteiger partial charge in [0.25, 0.3) is 0 Å². The number of amides is 2. The lowest BCUT2D eigenvalue weighted by molar-refractivity contribution is -0.0416. The van der Waals surface area contributed by atoms with E-state index in [2.05, 4.69) is 22.8 Å². The largest absolute Gasteiger partial charge is 0.350 e. The first-order valence-corrected chi connectivity index (χ1v) is 8.04. The van der Waals surface area contributed by atoms with Crippen molar-refractivity contribution in [3.63, 3.8) is 0 Å². The molecule has 0 atom stereocenters. The number of hydrogen-bond acceptors (Lipinski definition) is 3. The number of aromatic nitrogens is 1. The summed E-state index contributed by atoms with van der Waals surface area (Å²) in [5, 5.41) is 12.2. The van der Waals surface area contributed by atoms with Gasteiger partial charge in [0, 0.05) is 22.3 Å². The fourth-order valence-electron chi connectivity index (χ4n) is 2.41. The molecule has 0 aliphatic heterocycles. The molecule has 23 heavy (non-hydrogen) atoms. The number of rotatable bonds is 5. The number of nitrogens with two attached hydrogens (primary N) is 1. The second kappa shape index (κ2) is 6.76. The Balaban J connectivity index is 1.93. The summed E-state index contributed by atoms with van der Waals surface area (Å²) < 4.78 is 2.08. The Kier molecular flexibility index (Phi) is 4.55. The van der Waals surface area contributed by atoms with Crippen molar-refractivity contribution in [2.75, 3.05) is 6.54 Å². The third-order valence-electron chi connectivity index (χ3n) is 3.53. The number of carbonyl (C=O) groups excluding carboxylic acids is 1. The number of benzene rings is 2. The van der Waals surface area contributed by atoms with Gasteiger partial charge in [-0.3, -0.25) is 5.21 Å². The molecule has 0 fully saturated rings. The minimum Gasteiger partial charge on any atom is -0.350 e. The fraction of sp³-hybridized carbons (Fsp3) is 0.118. The molecule has 3 rings (SSSR count). The summed E-state index contributed by atoms with van der Waals surface area (Å²) >= 11 is 1.65. The smallest absolute Gasteiger partial charge is 0.338 e. The summed E-state index contributed by atoms with van der Waals surface area (Å²) in [5.41, 5.74) is 6.13. The van der Waals surface area contributed by atoms with E-state index in [4.69, 9.17) is 5.73 Å². The zero-order chi connectivity index (χ0) is 16.2. The molecule has 3 aromatic rings. The van der Waals surface area contributed by atoms with E-state index in [1.807, 2.05) is 42.5 Å². The van der Waals surface area contributed by atoms with Crippen molar-refractivity contribution in [2.24, 2.45) is 5.73 Å². The summed E-state index contributed by atoms with van der Waals surface area (Å²) in [6.45, 7) is 0.596. The number of carbonyl (C=O) groups is 1. The van der Waals surface area contributed by atoms with Gasteiger partial charge >= 0.3 is 6.03 Å². The van der Waals surface area contributed by atoms with E-state index in [1.165, 1.54) is 0 Å². The molecule has 0 aliphatic carbocycles. The first-order valence-electron chi connectivity index (χ1n) is 7.22. The lowest BCUT2D eigenvalue weighted by Crippen LogP contribution is -2.35. The highest BCUT2D eigenvalue weighted by Gasteiger charge is 2.12. The SMILES string of the molecule is NC(=O)N(O)CCn1c(Sc2ccccc2)cc2ccccc21. The maximum atomic E-state index is 11.0. The average Bonchev–Trinajstić information content (AvgIpc) is 2.90. The molecule has 0 bridgehead atoms. The molecule has 2 aromatic carbocycles. The number of hydrogen-bond donors (Lipinski definition) is 2. The number of urea groups is 1. The first-order chi connectivity index (χ1) is 11.1. The quantitative estimate of drug-likeness (QED) is 0.556. The zero-order valence-corrected chi connectivity index (χ0v) is 13.2. The molecule has 0 saturated carbocycles. The van der Waals surface area contributed by atoms with E-state index in [-0.39, 0.29) is 6.54 Å². The molecule has 0 radical (unpaired) electrons. The summed E-state index contributed by atoms with van der Waals surface area (Å²) in [7, 11) is 0. The average molecular weight is 327 g/mol. The van der Waals surface area contributed by atoms with Crippen molar-refractivity contribution in [2.45, 2.75) is 16.5 Å². The van der Waals surface area contributed by atoms with Crippen LogP contribution in [0, 0.1) is 0 Å². The van der Waals surface area contributed by atoms with Crippen LogP contribution in [-0.2, 0) is 6.54 Å². The highest BCUT2D eigenvalue weighted by Crippen LogP contribution is 2.32. The predicted molar refractivity (Wildman–Crippen MR) is 90.6 cm³/mol. The molecule has 3 N–H and O–H groups in total. The van der Waals surface area contributed by atoms with Crippen LogP contribution in [0.25, 0.3) is 10.9 Å². The van der Waals surface area contributed by atoms with Gasteiger partial charge < -0.3 is 10.3 Å². The van der Waals surface area contributed by atoms with Crippen LogP contribution in [0.4, 0.5) is 4.79 Å². The lowest BCUT2D eigenvalue weighted by atomic mass is 10.2. The van der Waals surface area contributed by atoms with Gasteiger partial charge in [-0.25, -0.2) is 9.86 Å². The lowest BCUT2D eigenvalue weighted by Gasteiger charge is -2.15.